The standard InChI is InChI=1S/C19H30N4OS/c1-4-17-14-23(11-12-25-17)19(20-5-2)22-10-9-21-18(24)16-8-6-7-15(3)13-16/h6-8,13,17H,4-5,9-12,14H2,1-3H3,(H,20,22)(H,21,24). The maximum atomic E-state index is 12.2. The van der Waals surface area contributed by atoms with Crippen LogP contribution in [-0.2, 0) is 0 Å². The first-order chi connectivity index (χ1) is 12.1. The third-order valence-corrected chi connectivity index (χ3v) is 5.54. The van der Waals surface area contributed by atoms with Crippen molar-refractivity contribution >= 4 is 23.6 Å². The topological polar surface area (TPSA) is 56.7 Å². The van der Waals surface area contributed by atoms with Crippen LogP contribution in [-0.4, -0.2) is 60.5 Å². The smallest absolute Gasteiger partial charge is 0.251 e. The van der Waals surface area contributed by atoms with Gasteiger partial charge in [0.15, 0.2) is 5.96 Å². The highest BCUT2D eigenvalue weighted by molar-refractivity contribution is 8.00. The number of nitrogens with one attached hydrogen (secondary N) is 2. The van der Waals surface area contributed by atoms with E-state index >= 15 is 0 Å². The lowest BCUT2D eigenvalue weighted by Crippen LogP contribution is -2.48. The molecule has 0 saturated carbocycles. The summed E-state index contributed by atoms with van der Waals surface area (Å²) in [5.74, 6) is 2.07. The Kier molecular flexibility index (Phi) is 8.12. The molecule has 1 aliphatic heterocycles. The second-order valence-corrected chi connectivity index (χ2v) is 7.62. The number of hydrogen-bond acceptors (Lipinski definition) is 3. The molecule has 0 aliphatic carbocycles. The van der Waals surface area contributed by atoms with Crippen molar-refractivity contribution in [3.05, 3.63) is 35.4 Å². The van der Waals surface area contributed by atoms with E-state index in [0.717, 1.165) is 36.9 Å². The van der Waals surface area contributed by atoms with Gasteiger partial charge in [0, 0.05) is 42.7 Å². The number of aryl methyl sites for hydroxylation is 1. The Morgan fingerprint density at radius 3 is 2.92 bits per heavy atom. The second-order valence-electron chi connectivity index (χ2n) is 6.21. The predicted octanol–water partition coefficient (Wildman–Crippen LogP) is 2.52. The third kappa shape index (κ3) is 6.27. The average Bonchev–Trinajstić information content (AvgIpc) is 2.64. The Bertz CT molecular complexity index is 591. The Morgan fingerprint density at radius 1 is 1.36 bits per heavy atom. The number of amides is 1. The molecule has 2 rings (SSSR count). The molecule has 6 heteroatoms. The minimum absolute atomic E-state index is 0.0377. The fourth-order valence-electron chi connectivity index (χ4n) is 2.80. The first kappa shape index (κ1) is 19.6. The van der Waals surface area contributed by atoms with Crippen LogP contribution in [0.25, 0.3) is 0 Å². The van der Waals surface area contributed by atoms with Crippen LogP contribution < -0.4 is 10.6 Å². The van der Waals surface area contributed by atoms with Gasteiger partial charge in [-0.3, -0.25) is 9.79 Å². The Balaban J connectivity index is 1.85. The van der Waals surface area contributed by atoms with Crippen LogP contribution in [0.5, 0.6) is 0 Å². The number of hydrogen-bond donors (Lipinski definition) is 2. The normalized spacial score (nSPS) is 18.1. The van der Waals surface area contributed by atoms with Crippen molar-refractivity contribution in [2.75, 3.05) is 38.5 Å². The van der Waals surface area contributed by atoms with Gasteiger partial charge >= 0.3 is 0 Å². The molecule has 1 aromatic rings. The van der Waals surface area contributed by atoms with E-state index in [0.29, 0.717) is 23.9 Å². The van der Waals surface area contributed by atoms with Gasteiger partial charge in [-0.05, 0) is 32.4 Å². The quantitative estimate of drug-likeness (QED) is 0.464. The van der Waals surface area contributed by atoms with E-state index in [-0.39, 0.29) is 5.91 Å². The molecule has 1 saturated heterocycles. The van der Waals surface area contributed by atoms with Gasteiger partial charge in [0.05, 0.1) is 6.54 Å². The molecule has 5 nitrogen and oxygen atoms in total. The summed E-state index contributed by atoms with van der Waals surface area (Å²) in [6.07, 6.45) is 1.19. The Hall–Kier alpha value is -1.69. The summed E-state index contributed by atoms with van der Waals surface area (Å²) < 4.78 is 0. The van der Waals surface area contributed by atoms with Crippen molar-refractivity contribution in [1.29, 1.82) is 0 Å². The number of aliphatic imine (C=N–C) groups is 1. The van der Waals surface area contributed by atoms with Gasteiger partial charge in [-0.2, -0.15) is 11.8 Å². The number of benzene rings is 1. The maximum absolute atomic E-state index is 12.2. The van der Waals surface area contributed by atoms with Crippen LogP contribution in [0.1, 0.15) is 36.2 Å². The summed E-state index contributed by atoms with van der Waals surface area (Å²) in [5, 5.41) is 7.01. The summed E-state index contributed by atoms with van der Waals surface area (Å²) in [7, 11) is 0. The first-order valence-electron chi connectivity index (χ1n) is 9.13. The lowest BCUT2D eigenvalue weighted by molar-refractivity contribution is 0.0954. The second kappa shape index (κ2) is 10.3. The van der Waals surface area contributed by atoms with E-state index < -0.39 is 0 Å². The molecule has 1 unspecified atom stereocenters. The van der Waals surface area contributed by atoms with Crippen LogP contribution in [0, 0.1) is 6.92 Å². The van der Waals surface area contributed by atoms with Crippen molar-refractivity contribution in [2.24, 2.45) is 4.99 Å². The molecule has 138 valence electrons. The highest BCUT2D eigenvalue weighted by atomic mass is 32.2. The molecule has 1 aliphatic rings. The van der Waals surface area contributed by atoms with Crippen LogP contribution in [0.3, 0.4) is 0 Å². The predicted molar refractivity (Wildman–Crippen MR) is 108 cm³/mol. The van der Waals surface area contributed by atoms with E-state index in [1.807, 2.05) is 31.2 Å². The monoisotopic (exact) mass is 362 g/mol. The largest absolute Gasteiger partial charge is 0.357 e. The Labute approximate surface area is 155 Å². The van der Waals surface area contributed by atoms with Crippen molar-refractivity contribution in [3.8, 4) is 0 Å². The zero-order valence-corrected chi connectivity index (χ0v) is 16.4. The summed E-state index contributed by atoms with van der Waals surface area (Å²) in [6.45, 7) is 10.4. The lowest BCUT2D eigenvalue weighted by atomic mass is 10.1. The van der Waals surface area contributed by atoms with Gasteiger partial charge < -0.3 is 15.5 Å². The van der Waals surface area contributed by atoms with E-state index in [2.05, 4.69) is 41.1 Å². The molecule has 1 heterocycles. The molecule has 0 aromatic heterocycles. The fourth-order valence-corrected chi connectivity index (χ4v) is 3.98. The number of nitrogens with zero attached hydrogens (tertiary/aromatic N) is 2. The number of rotatable bonds is 6. The van der Waals surface area contributed by atoms with Crippen LogP contribution in [0.15, 0.2) is 29.3 Å². The molecule has 1 aromatic carbocycles. The van der Waals surface area contributed by atoms with Gasteiger partial charge in [-0.1, -0.05) is 24.6 Å². The Morgan fingerprint density at radius 2 is 2.20 bits per heavy atom. The van der Waals surface area contributed by atoms with Crippen molar-refractivity contribution in [1.82, 2.24) is 15.5 Å². The van der Waals surface area contributed by atoms with Gasteiger partial charge in [0.1, 0.15) is 0 Å². The minimum atomic E-state index is -0.0377. The highest BCUT2D eigenvalue weighted by Gasteiger charge is 2.21. The van der Waals surface area contributed by atoms with Gasteiger partial charge in [0.2, 0.25) is 0 Å². The fraction of sp³-hybridized carbons (Fsp3) is 0.579. The van der Waals surface area contributed by atoms with Crippen LogP contribution >= 0.6 is 11.8 Å². The van der Waals surface area contributed by atoms with Crippen molar-refractivity contribution in [3.63, 3.8) is 0 Å². The van der Waals surface area contributed by atoms with Crippen molar-refractivity contribution in [2.45, 2.75) is 32.4 Å². The number of thioether (sulfide) groups is 1. The molecular formula is C19H30N4OS. The van der Waals surface area contributed by atoms with E-state index in [1.54, 1.807) is 0 Å². The molecule has 1 atom stereocenters. The van der Waals surface area contributed by atoms with Crippen LogP contribution in [0.2, 0.25) is 0 Å². The number of carbonyl (C=O) groups excluding carboxylic acids is 1. The molecule has 0 spiro atoms. The summed E-state index contributed by atoms with van der Waals surface area (Å²) in [6, 6.07) is 7.64. The molecule has 2 N–H and O–H groups in total. The lowest BCUT2D eigenvalue weighted by Gasteiger charge is -2.34. The van der Waals surface area contributed by atoms with Crippen molar-refractivity contribution < 1.29 is 4.79 Å². The number of guanidine groups is 1. The zero-order chi connectivity index (χ0) is 18.1. The number of carbonyl (C=O) groups is 1. The first-order valence-corrected chi connectivity index (χ1v) is 10.2. The summed E-state index contributed by atoms with van der Waals surface area (Å²) in [4.78, 5) is 19.2. The molecule has 1 fully saturated rings. The molecule has 25 heavy (non-hydrogen) atoms. The maximum Gasteiger partial charge on any atom is 0.251 e. The summed E-state index contributed by atoms with van der Waals surface area (Å²) in [5.41, 5.74) is 1.79. The molecule has 0 radical (unpaired) electrons. The van der Waals surface area contributed by atoms with Gasteiger partial charge in [0.25, 0.3) is 5.91 Å². The van der Waals surface area contributed by atoms with Gasteiger partial charge in [-0.15, -0.1) is 0 Å². The molecular weight excluding hydrogens is 332 g/mol. The van der Waals surface area contributed by atoms with Crippen LogP contribution in [0.4, 0.5) is 0 Å². The molecule has 0 bridgehead atoms. The minimum Gasteiger partial charge on any atom is -0.357 e. The summed E-state index contributed by atoms with van der Waals surface area (Å²) >= 11 is 2.05. The van der Waals surface area contributed by atoms with Gasteiger partial charge in [-0.25, -0.2) is 0 Å². The van der Waals surface area contributed by atoms with E-state index in [1.165, 1.54) is 6.42 Å². The zero-order valence-electron chi connectivity index (χ0n) is 15.5. The SMILES string of the molecule is CCNC(=NCCNC(=O)c1cccc(C)c1)N1CCSC(CC)C1. The third-order valence-electron chi connectivity index (χ3n) is 4.17. The highest BCUT2D eigenvalue weighted by Crippen LogP contribution is 2.20. The average molecular weight is 363 g/mol. The van der Waals surface area contributed by atoms with E-state index in [4.69, 9.17) is 4.99 Å². The van der Waals surface area contributed by atoms with E-state index in [9.17, 15) is 4.79 Å². The molecule has 1 amide bonds.